The summed E-state index contributed by atoms with van der Waals surface area (Å²) in [5, 5.41) is 15.6. The van der Waals surface area contributed by atoms with Crippen LogP contribution in [0.4, 0.5) is 4.79 Å². The first-order chi connectivity index (χ1) is 11.1. The smallest absolute Gasteiger partial charge is 0.356 e. The van der Waals surface area contributed by atoms with E-state index in [1.807, 2.05) is 9.80 Å². The Kier molecular flexibility index (Phi) is 4.54. The van der Waals surface area contributed by atoms with Crippen LogP contribution < -0.4 is 0 Å². The summed E-state index contributed by atoms with van der Waals surface area (Å²) in [6.07, 6.45) is 5.08. The van der Waals surface area contributed by atoms with Gasteiger partial charge in [-0.2, -0.15) is 5.10 Å². The largest absolute Gasteiger partial charge is 0.476 e. The van der Waals surface area contributed by atoms with Crippen LogP contribution in [0, 0.1) is 0 Å². The highest BCUT2D eigenvalue weighted by atomic mass is 16.4. The average molecular weight is 320 g/mol. The molecular formula is C16H24N4O3. The van der Waals surface area contributed by atoms with E-state index in [-0.39, 0.29) is 17.6 Å². The zero-order chi connectivity index (χ0) is 16.4. The van der Waals surface area contributed by atoms with E-state index in [2.05, 4.69) is 17.1 Å². The van der Waals surface area contributed by atoms with Crippen molar-refractivity contribution in [3.63, 3.8) is 0 Å². The molecule has 2 saturated heterocycles. The number of aromatic nitrogens is 2. The lowest BCUT2D eigenvalue weighted by Gasteiger charge is -2.40. The molecule has 2 aliphatic heterocycles. The van der Waals surface area contributed by atoms with Crippen molar-refractivity contribution in [2.45, 2.75) is 51.0 Å². The van der Waals surface area contributed by atoms with Gasteiger partial charge in [-0.3, -0.25) is 5.10 Å². The number of hydrogen-bond donors (Lipinski definition) is 2. The monoisotopic (exact) mass is 320 g/mol. The van der Waals surface area contributed by atoms with Crippen LogP contribution in [-0.4, -0.2) is 62.8 Å². The van der Waals surface area contributed by atoms with Gasteiger partial charge in [-0.15, -0.1) is 0 Å². The Morgan fingerprint density at radius 1 is 1.22 bits per heavy atom. The molecule has 1 unspecified atom stereocenters. The summed E-state index contributed by atoms with van der Waals surface area (Å²) in [5.41, 5.74) is 0.918. The summed E-state index contributed by atoms with van der Waals surface area (Å²) in [7, 11) is 0. The number of H-pyrrole nitrogens is 1. The van der Waals surface area contributed by atoms with Crippen molar-refractivity contribution >= 4 is 12.0 Å². The molecule has 7 heteroatoms. The van der Waals surface area contributed by atoms with Crippen molar-refractivity contribution in [1.82, 2.24) is 20.0 Å². The number of rotatable bonds is 2. The number of urea groups is 1. The second-order valence-corrected chi connectivity index (χ2v) is 6.60. The Hall–Kier alpha value is -2.05. The van der Waals surface area contributed by atoms with Gasteiger partial charge in [-0.1, -0.05) is 0 Å². The first kappa shape index (κ1) is 15.8. The number of carbonyl (C=O) groups is 2. The summed E-state index contributed by atoms with van der Waals surface area (Å²) in [6.45, 7) is 4.42. The number of piperidine rings is 2. The number of carboxylic acid groups (broad SMARTS) is 1. The fourth-order valence-electron chi connectivity index (χ4n) is 3.60. The van der Waals surface area contributed by atoms with E-state index in [1.165, 1.54) is 6.42 Å². The first-order valence-electron chi connectivity index (χ1n) is 8.40. The van der Waals surface area contributed by atoms with Crippen molar-refractivity contribution in [3.05, 3.63) is 17.5 Å². The molecule has 0 bridgehead atoms. The lowest BCUT2D eigenvalue weighted by atomic mass is 9.93. The van der Waals surface area contributed by atoms with E-state index in [1.54, 1.807) is 6.07 Å². The molecule has 2 aliphatic rings. The van der Waals surface area contributed by atoms with Gasteiger partial charge in [0.2, 0.25) is 0 Å². The molecule has 0 radical (unpaired) electrons. The van der Waals surface area contributed by atoms with Crippen LogP contribution in [-0.2, 0) is 0 Å². The van der Waals surface area contributed by atoms with Crippen LogP contribution in [0.1, 0.15) is 61.1 Å². The fourth-order valence-corrected chi connectivity index (χ4v) is 3.60. The van der Waals surface area contributed by atoms with Gasteiger partial charge in [0.25, 0.3) is 0 Å². The third-order valence-electron chi connectivity index (χ3n) is 5.07. The molecule has 3 rings (SSSR count). The van der Waals surface area contributed by atoms with Crippen molar-refractivity contribution < 1.29 is 14.7 Å². The number of aromatic amines is 1. The number of hydrogen-bond acceptors (Lipinski definition) is 3. The Morgan fingerprint density at radius 2 is 1.96 bits per heavy atom. The standard InChI is InChI=1S/C16H24N4O3/c1-11-4-2-3-7-20(11)16(23)19-8-5-12(6-9-19)13-10-14(15(21)22)18-17-13/h10-12H,2-9H2,1H3,(H,17,18)(H,21,22). The lowest BCUT2D eigenvalue weighted by Crippen LogP contribution is -2.51. The lowest BCUT2D eigenvalue weighted by molar-refractivity contribution is 0.0690. The summed E-state index contributed by atoms with van der Waals surface area (Å²) in [6, 6.07) is 2.10. The van der Waals surface area contributed by atoms with Crippen LogP contribution in [0.25, 0.3) is 0 Å². The van der Waals surface area contributed by atoms with E-state index < -0.39 is 5.97 Å². The van der Waals surface area contributed by atoms with E-state index in [0.717, 1.165) is 37.9 Å². The number of nitrogens with one attached hydrogen (secondary N) is 1. The van der Waals surface area contributed by atoms with Gasteiger partial charge in [0.05, 0.1) is 0 Å². The van der Waals surface area contributed by atoms with E-state index in [4.69, 9.17) is 5.11 Å². The van der Waals surface area contributed by atoms with E-state index >= 15 is 0 Å². The third-order valence-corrected chi connectivity index (χ3v) is 5.07. The minimum atomic E-state index is -1.01. The Balaban J connectivity index is 1.57. The SMILES string of the molecule is CC1CCCCN1C(=O)N1CCC(c2cc(C(=O)O)n[nH]2)CC1. The molecule has 126 valence electrons. The Labute approximate surface area is 135 Å². The van der Waals surface area contributed by atoms with Gasteiger partial charge in [-0.05, 0) is 45.1 Å². The predicted octanol–water partition coefficient (Wildman–Crippen LogP) is 2.28. The third kappa shape index (κ3) is 3.33. The van der Waals surface area contributed by atoms with E-state index in [9.17, 15) is 9.59 Å². The molecule has 7 nitrogen and oxygen atoms in total. The number of likely N-dealkylation sites (tertiary alicyclic amines) is 2. The molecule has 0 aromatic carbocycles. The van der Waals surface area contributed by atoms with Gasteiger partial charge in [0.1, 0.15) is 0 Å². The van der Waals surface area contributed by atoms with Crippen molar-refractivity contribution in [2.24, 2.45) is 0 Å². The van der Waals surface area contributed by atoms with Gasteiger partial charge in [0, 0.05) is 37.3 Å². The average Bonchev–Trinajstić information content (AvgIpc) is 3.05. The van der Waals surface area contributed by atoms with Crippen LogP contribution in [0.15, 0.2) is 6.07 Å². The van der Waals surface area contributed by atoms with Gasteiger partial charge < -0.3 is 14.9 Å². The molecule has 1 aromatic heterocycles. The molecule has 0 saturated carbocycles. The molecule has 2 fully saturated rings. The Morgan fingerprint density at radius 3 is 2.57 bits per heavy atom. The summed E-state index contributed by atoms with van der Waals surface area (Å²) in [5.74, 6) is -0.766. The molecular weight excluding hydrogens is 296 g/mol. The molecule has 23 heavy (non-hydrogen) atoms. The highest BCUT2D eigenvalue weighted by Gasteiger charge is 2.31. The van der Waals surface area contributed by atoms with Gasteiger partial charge in [0.15, 0.2) is 5.69 Å². The second-order valence-electron chi connectivity index (χ2n) is 6.60. The normalized spacial score (nSPS) is 23.1. The van der Waals surface area contributed by atoms with Crippen LogP contribution in [0.3, 0.4) is 0 Å². The second kappa shape index (κ2) is 6.60. The van der Waals surface area contributed by atoms with Crippen LogP contribution in [0.5, 0.6) is 0 Å². The maximum atomic E-state index is 12.7. The maximum Gasteiger partial charge on any atom is 0.356 e. The molecule has 2 amide bonds. The molecule has 0 spiro atoms. The predicted molar refractivity (Wildman–Crippen MR) is 84.5 cm³/mol. The number of nitrogens with zero attached hydrogens (tertiary/aromatic N) is 3. The molecule has 0 aliphatic carbocycles. The quantitative estimate of drug-likeness (QED) is 0.875. The van der Waals surface area contributed by atoms with Gasteiger partial charge >= 0.3 is 12.0 Å². The summed E-state index contributed by atoms with van der Waals surface area (Å²) >= 11 is 0. The zero-order valence-corrected chi connectivity index (χ0v) is 13.5. The molecule has 2 N–H and O–H groups in total. The highest BCUT2D eigenvalue weighted by molar-refractivity contribution is 5.85. The minimum absolute atomic E-state index is 0.0562. The number of carbonyl (C=O) groups excluding carboxylic acids is 1. The van der Waals surface area contributed by atoms with Crippen molar-refractivity contribution in [1.29, 1.82) is 0 Å². The van der Waals surface area contributed by atoms with Crippen LogP contribution >= 0.6 is 0 Å². The topological polar surface area (TPSA) is 89.5 Å². The fraction of sp³-hybridized carbons (Fsp3) is 0.688. The molecule has 1 aromatic rings. The number of aromatic carboxylic acids is 1. The van der Waals surface area contributed by atoms with Gasteiger partial charge in [-0.25, -0.2) is 9.59 Å². The molecule has 3 heterocycles. The minimum Gasteiger partial charge on any atom is -0.476 e. The number of carboxylic acids is 1. The Bertz CT molecular complexity index is 578. The zero-order valence-electron chi connectivity index (χ0n) is 13.5. The van der Waals surface area contributed by atoms with E-state index in [0.29, 0.717) is 19.1 Å². The van der Waals surface area contributed by atoms with Crippen LogP contribution in [0.2, 0.25) is 0 Å². The van der Waals surface area contributed by atoms with Crippen molar-refractivity contribution in [3.8, 4) is 0 Å². The highest BCUT2D eigenvalue weighted by Crippen LogP contribution is 2.28. The summed E-state index contributed by atoms with van der Waals surface area (Å²) in [4.78, 5) is 27.5. The summed E-state index contributed by atoms with van der Waals surface area (Å²) < 4.78 is 0. The first-order valence-corrected chi connectivity index (χ1v) is 8.40. The van der Waals surface area contributed by atoms with Crippen molar-refractivity contribution in [2.75, 3.05) is 19.6 Å². The maximum absolute atomic E-state index is 12.7. The number of amides is 2. The molecule has 1 atom stereocenters.